The van der Waals surface area contributed by atoms with Gasteiger partial charge in [-0.15, -0.1) is 0 Å². The number of nitrogens with zero attached hydrogens (tertiary/aromatic N) is 2. The van der Waals surface area contributed by atoms with Gasteiger partial charge in [-0.05, 0) is 42.0 Å². The Balaban J connectivity index is 2.08. The fourth-order valence-electron chi connectivity index (χ4n) is 3.86. The van der Waals surface area contributed by atoms with Gasteiger partial charge in [-0.3, -0.25) is 0 Å². The summed E-state index contributed by atoms with van der Waals surface area (Å²) in [5.41, 5.74) is 6.10. The van der Waals surface area contributed by atoms with Crippen molar-refractivity contribution < 1.29 is 11.7 Å². The van der Waals surface area contributed by atoms with Gasteiger partial charge in [0.05, 0.1) is 12.1 Å². The first-order chi connectivity index (χ1) is 14.5. The van der Waals surface area contributed by atoms with Crippen molar-refractivity contribution >= 4 is 27.6 Å². The predicted octanol–water partition coefficient (Wildman–Crippen LogP) is 6.83. The summed E-state index contributed by atoms with van der Waals surface area (Å²) in [6, 6.07) is 13.5. The minimum atomic E-state index is -1.50. The van der Waals surface area contributed by atoms with Crippen molar-refractivity contribution in [3.05, 3.63) is 70.7 Å². The molecule has 4 aromatic rings. The van der Waals surface area contributed by atoms with Crippen molar-refractivity contribution in [2.45, 2.75) is 41.0 Å². The summed E-state index contributed by atoms with van der Waals surface area (Å²) in [5.74, 6) is 0. The molecule has 0 atom stereocenters. The van der Waals surface area contributed by atoms with Crippen LogP contribution >= 0.6 is 0 Å². The number of fused-ring (bicyclic) bond motifs is 3. The van der Waals surface area contributed by atoms with Crippen LogP contribution in [0.4, 0.5) is 5.69 Å². The number of aryl methyl sites for hydroxylation is 2. The van der Waals surface area contributed by atoms with Crippen molar-refractivity contribution in [3.8, 4) is 11.3 Å². The van der Waals surface area contributed by atoms with Gasteiger partial charge in [0.2, 0.25) is 5.69 Å². The largest absolute Gasteiger partial charge is 0.455 e. The van der Waals surface area contributed by atoms with Crippen LogP contribution in [0.2, 0.25) is 0 Å². The van der Waals surface area contributed by atoms with E-state index < -0.39 is 11.8 Å². The van der Waals surface area contributed by atoms with Crippen molar-refractivity contribution in [1.29, 1.82) is 0 Å². The molecule has 29 heavy (non-hydrogen) atoms. The third-order valence-electron chi connectivity index (χ3n) is 5.28. The second-order valence-corrected chi connectivity index (χ2v) is 8.73. The molecular weight excluding hydrogens is 356 g/mol. The maximum Gasteiger partial charge on any atom is 0.216 e. The van der Waals surface area contributed by atoms with Gasteiger partial charge < -0.3 is 4.42 Å². The molecule has 0 fully saturated rings. The van der Waals surface area contributed by atoms with E-state index in [2.05, 4.69) is 15.5 Å². The Morgan fingerprint density at radius 2 is 1.83 bits per heavy atom. The van der Waals surface area contributed by atoms with Crippen LogP contribution in [-0.2, 0) is 13.4 Å². The third kappa shape index (κ3) is 3.40. The molecule has 0 saturated carbocycles. The van der Waals surface area contributed by atoms with E-state index >= 15 is 0 Å². The van der Waals surface area contributed by atoms with E-state index in [1.54, 1.807) is 6.07 Å². The highest BCUT2D eigenvalue weighted by Crippen LogP contribution is 2.38. The van der Waals surface area contributed by atoms with Crippen LogP contribution in [0.25, 0.3) is 38.0 Å². The van der Waals surface area contributed by atoms with Gasteiger partial charge >= 0.3 is 0 Å². The van der Waals surface area contributed by atoms with Gasteiger partial charge in [0.1, 0.15) is 18.2 Å². The van der Waals surface area contributed by atoms with Crippen molar-refractivity contribution in [3.63, 3.8) is 0 Å². The van der Waals surface area contributed by atoms with E-state index in [0.29, 0.717) is 11.3 Å². The van der Waals surface area contributed by atoms with E-state index in [4.69, 9.17) is 13.7 Å². The van der Waals surface area contributed by atoms with Crippen LogP contribution in [0, 0.1) is 25.8 Å². The van der Waals surface area contributed by atoms with Crippen LogP contribution in [-0.4, -0.2) is 0 Å². The summed E-state index contributed by atoms with van der Waals surface area (Å²) >= 11 is 0. The molecular formula is C26H27N2O+. The lowest BCUT2D eigenvalue weighted by molar-refractivity contribution is -0.666. The van der Waals surface area contributed by atoms with Crippen LogP contribution in [0.15, 0.2) is 46.9 Å². The Morgan fingerprint density at radius 1 is 1.07 bits per heavy atom. The third-order valence-corrected chi connectivity index (χ3v) is 5.28. The molecule has 0 amide bonds. The Hall–Kier alpha value is -3.12. The Labute approximate surface area is 175 Å². The quantitative estimate of drug-likeness (QED) is 0.273. The highest BCUT2D eigenvalue weighted by Gasteiger charge is 2.24. The van der Waals surface area contributed by atoms with E-state index in [0.717, 1.165) is 44.5 Å². The van der Waals surface area contributed by atoms with Crippen LogP contribution in [0.5, 0.6) is 0 Å². The topological polar surface area (TPSA) is 21.4 Å². The molecule has 0 unspecified atom stereocenters. The van der Waals surface area contributed by atoms with Gasteiger partial charge in [-0.25, -0.2) is 4.85 Å². The number of hydrogen-bond donors (Lipinski definition) is 0. The molecule has 2 heterocycles. The molecule has 0 bridgehead atoms. The summed E-state index contributed by atoms with van der Waals surface area (Å²) in [7, 11) is 2.00. The maximum atomic E-state index is 8.80. The smallest absolute Gasteiger partial charge is 0.216 e. The van der Waals surface area contributed by atoms with Crippen molar-refractivity contribution in [2.24, 2.45) is 12.5 Å². The monoisotopic (exact) mass is 385 g/mol. The summed E-state index contributed by atoms with van der Waals surface area (Å²) in [6.45, 7) is 17.2. The molecule has 0 saturated heterocycles. The zero-order chi connectivity index (χ0) is 22.7. The fraction of sp³-hybridized carbons (Fsp3) is 0.308. The molecule has 3 heteroatoms. The lowest BCUT2D eigenvalue weighted by Crippen LogP contribution is -2.35. The van der Waals surface area contributed by atoms with Gasteiger partial charge in [0, 0.05) is 32.6 Å². The van der Waals surface area contributed by atoms with E-state index in [-0.39, 0.29) is 0 Å². The highest BCUT2D eigenvalue weighted by atomic mass is 16.3. The second-order valence-electron chi connectivity index (χ2n) is 8.73. The summed E-state index contributed by atoms with van der Waals surface area (Å²) < 4.78 is 26.0. The summed E-state index contributed by atoms with van der Waals surface area (Å²) in [4.78, 5) is 3.56. The van der Waals surface area contributed by atoms with E-state index in [1.165, 1.54) is 0 Å². The Bertz CT molecular complexity index is 1390. The first-order valence-electron chi connectivity index (χ1n) is 10.8. The van der Waals surface area contributed by atoms with E-state index in [1.807, 2.05) is 72.0 Å². The maximum absolute atomic E-state index is 8.80. The average molecular weight is 386 g/mol. The molecule has 0 aliphatic rings. The number of hydrogen-bond acceptors (Lipinski definition) is 1. The number of furan rings is 1. The lowest BCUT2D eigenvalue weighted by atomic mass is 9.87. The minimum absolute atomic E-state index is 0.548. The Kier molecular flexibility index (Phi) is 3.90. The van der Waals surface area contributed by atoms with Crippen LogP contribution < -0.4 is 4.57 Å². The molecule has 0 spiro atoms. The minimum Gasteiger partial charge on any atom is -0.455 e. The van der Waals surface area contributed by atoms with Gasteiger partial charge in [0.25, 0.3) is 0 Å². The predicted molar refractivity (Wildman–Crippen MR) is 119 cm³/mol. The molecule has 3 nitrogen and oxygen atoms in total. The van der Waals surface area contributed by atoms with Crippen molar-refractivity contribution in [2.75, 3.05) is 0 Å². The molecule has 0 aliphatic heterocycles. The van der Waals surface area contributed by atoms with Crippen molar-refractivity contribution in [1.82, 2.24) is 0 Å². The van der Waals surface area contributed by atoms with Gasteiger partial charge in [-0.2, -0.15) is 4.57 Å². The molecule has 0 N–H and O–H groups in total. The lowest BCUT2D eigenvalue weighted by Gasteiger charge is -2.18. The zero-order valence-electron chi connectivity index (χ0n) is 19.8. The molecule has 2 aromatic heterocycles. The summed E-state index contributed by atoms with van der Waals surface area (Å²) in [5, 5.41) is 1.88. The number of rotatable bonds is 2. The van der Waals surface area contributed by atoms with Crippen LogP contribution in [0.3, 0.4) is 0 Å². The van der Waals surface area contributed by atoms with Crippen LogP contribution in [0.1, 0.15) is 40.3 Å². The number of pyridine rings is 1. The molecule has 2 aromatic carbocycles. The Morgan fingerprint density at radius 3 is 2.52 bits per heavy atom. The van der Waals surface area contributed by atoms with Gasteiger partial charge in [-0.1, -0.05) is 39.0 Å². The standard InChI is InChI=1S/C26H27N2O/c1-16-8-10-20-21-14-19(27-6)9-11-23(21)29-25(20)24(16)22-13-18(15-26(3,4)5)12-17(2)28(22)7/h8-14H,15H2,1-5,7H3/q+1/i15D2. The number of benzene rings is 2. The first-order valence-corrected chi connectivity index (χ1v) is 9.80. The zero-order valence-corrected chi connectivity index (χ0v) is 17.8. The first kappa shape index (κ1) is 16.8. The molecule has 0 radical (unpaired) electrons. The molecule has 146 valence electrons. The van der Waals surface area contributed by atoms with Gasteiger partial charge in [0.15, 0.2) is 11.4 Å². The summed E-state index contributed by atoms with van der Waals surface area (Å²) in [6.07, 6.45) is -1.50. The molecule has 0 aliphatic carbocycles. The van der Waals surface area contributed by atoms with E-state index in [9.17, 15) is 0 Å². The highest BCUT2D eigenvalue weighted by molar-refractivity contribution is 6.10. The molecule has 4 rings (SSSR count). The number of aromatic nitrogens is 1. The normalized spacial score (nSPS) is 13.4. The fourth-order valence-corrected chi connectivity index (χ4v) is 3.86. The second kappa shape index (κ2) is 6.74. The average Bonchev–Trinajstić information content (AvgIpc) is 3.06. The SMILES string of the molecule is [2H]C([2H])(c1cc(C)[n+](C)c(-c2c(C)ccc3c2oc2ccc([N+]#[C-])cc23)c1)C(C)(C)C.